The molecule has 19 heavy (non-hydrogen) atoms. The minimum Gasteiger partial charge on any atom is -0.496 e. The van der Waals surface area contributed by atoms with Crippen molar-refractivity contribution in [2.24, 2.45) is 0 Å². The molecule has 2 N–H and O–H groups in total. The maximum Gasteiger partial charge on any atom is 0.164 e. The van der Waals surface area contributed by atoms with Crippen molar-refractivity contribution in [1.82, 2.24) is 10.6 Å². The SMILES string of the molecule is COc1cc(OC)c(OC)cc1CNC1CCNC1. The van der Waals surface area contributed by atoms with Gasteiger partial charge in [-0.1, -0.05) is 0 Å². The van der Waals surface area contributed by atoms with E-state index in [0.717, 1.165) is 43.1 Å². The van der Waals surface area contributed by atoms with Gasteiger partial charge in [-0.05, 0) is 19.0 Å². The zero-order valence-corrected chi connectivity index (χ0v) is 11.8. The van der Waals surface area contributed by atoms with Crippen LogP contribution in [0, 0.1) is 0 Å². The molecule has 0 aliphatic carbocycles. The van der Waals surface area contributed by atoms with Gasteiger partial charge in [0.25, 0.3) is 0 Å². The third-order valence-corrected chi connectivity index (χ3v) is 3.43. The molecular formula is C14H22N2O3. The number of benzene rings is 1. The normalized spacial score (nSPS) is 18.4. The lowest BCUT2D eigenvalue weighted by Crippen LogP contribution is -2.30. The van der Waals surface area contributed by atoms with Gasteiger partial charge in [0, 0.05) is 30.8 Å². The van der Waals surface area contributed by atoms with E-state index in [1.165, 1.54) is 0 Å². The van der Waals surface area contributed by atoms with Gasteiger partial charge in [0.05, 0.1) is 21.3 Å². The lowest BCUT2D eigenvalue weighted by Gasteiger charge is -2.16. The molecule has 0 radical (unpaired) electrons. The maximum absolute atomic E-state index is 5.41. The Balaban J connectivity index is 2.12. The Bertz CT molecular complexity index is 417. The summed E-state index contributed by atoms with van der Waals surface area (Å²) < 4.78 is 16.0. The molecule has 1 aliphatic heterocycles. The largest absolute Gasteiger partial charge is 0.496 e. The Morgan fingerprint density at radius 3 is 2.37 bits per heavy atom. The molecule has 1 atom stereocenters. The summed E-state index contributed by atoms with van der Waals surface area (Å²) in [4.78, 5) is 0. The third kappa shape index (κ3) is 3.30. The first-order valence-corrected chi connectivity index (χ1v) is 6.51. The lowest BCUT2D eigenvalue weighted by molar-refractivity contribution is 0.346. The summed E-state index contributed by atoms with van der Waals surface area (Å²) in [6.07, 6.45) is 1.16. The van der Waals surface area contributed by atoms with Crippen LogP contribution in [0.25, 0.3) is 0 Å². The van der Waals surface area contributed by atoms with Crippen molar-refractivity contribution >= 4 is 0 Å². The Labute approximate surface area is 114 Å². The summed E-state index contributed by atoms with van der Waals surface area (Å²) in [6.45, 7) is 2.87. The molecule has 1 saturated heterocycles. The molecule has 1 aromatic rings. The van der Waals surface area contributed by atoms with Crippen LogP contribution in [0.1, 0.15) is 12.0 Å². The minimum atomic E-state index is 0.526. The maximum atomic E-state index is 5.41. The van der Waals surface area contributed by atoms with Crippen molar-refractivity contribution in [3.63, 3.8) is 0 Å². The van der Waals surface area contributed by atoms with E-state index < -0.39 is 0 Å². The van der Waals surface area contributed by atoms with Crippen LogP contribution in [0.3, 0.4) is 0 Å². The predicted molar refractivity (Wildman–Crippen MR) is 74.2 cm³/mol. The van der Waals surface area contributed by atoms with Crippen LogP contribution in [0.5, 0.6) is 17.2 Å². The van der Waals surface area contributed by atoms with Gasteiger partial charge in [-0.25, -0.2) is 0 Å². The van der Waals surface area contributed by atoms with Crippen molar-refractivity contribution in [2.75, 3.05) is 34.4 Å². The molecule has 0 spiro atoms. The molecule has 1 fully saturated rings. The van der Waals surface area contributed by atoms with Crippen molar-refractivity contribution in [2.45, 2.75) is 19.0 Å². The first kappa shape index (κ1) is 14.0. The number of ether oxygens (including phenoxy) is 3. The molecule has 5 heteroatoms. The molecule has 5 nitrogen and oxygen atoms in total. The van der Waals surface area contributed by atoms with E-state index in [1.807, 2.05) is 12.1 Å². The predicted octanol–water partition coefficient (Wildman–Crippen LogP) is 1.16. The van der Waals surface area contributed by atoms with Crippen molar-refractivity contribution in [3.05, 3.63) is 17.7 Å². The van der Waals surface area contributed by atoms with Crippen LogP contribution in [0.2, 0.25) is 0 Å². The van der Waals surface area contributed by atoms with Crippen molar-refractivity contribution < 1.29 is 14.2 Å². The molecule has 0 aromatic heterocycles. The van der Waals surface area contributed by atoms with Crippen LogP contribution < -0.4 is 24.8 Å². The number of rotatable bonds is 6. The quantitative estimate of drug-likeness (QED) is 0.809. The summed E-state index contributed by atoms with van der Waals surface area (Å²) >= 11 is 0. The summed E-state index contributed by atoms with van der Waals surface area (Å²) in [7, 11) is 4.93. The summed E-state index contributed by atoms with van der Waals surface area (Å²) in [6, 6.07) is 4.35. The van der Waals surface area contributed by atoms with Gasteiger partial charge in [0.2, 0.25) is 0 Å². The van der Waals surface area contributed by atoms with E-state index in [2.05, 4.69) is 10.6 Å². The minimum absolute atomic E-state index is 0.526. The number of hydrogen-bond donors (Lipinski definition) is 2. The van der Waals surface area contributed by atoms with Crippen LogP contribution in [0.4, 0.5) is 0 Å². The van der Waals surface area contributed by atoms with E-state index >= 15 is 0 Å². The van der Waals surface area contributed by atoms with Gasteiger partial charge in [-0.15, -0.1) is 0 Å². The highest BCUT2D eigenvalue weighted by Crippen LogP contribution is 2.34. The van der Waals surface area contributed by atoms with E-state index in [4.69, 9.17) is 14.2 Å². The number of hydrogen-bond acceptors (Lipinski definition) is 5. The molecule has 106 valence electrons. The van der Waals surface area contributed by atoms with Gasteiger partial charge in [-0.2, -0.15) is 0 Å². The summed E-state index contributed by atoms with van der Waals surface area (Å²) in [5.74, 6) is 2.23. The fourth-order valence-corrected chi connectivity index (χ4v) is 2.31. The second kappa shape index (κ2) is 6.63. The molecular weight excluding hydrogens is 244 g/mol. The molecule has 1 unspecified atom stereocenters. The van der Waals surface area contributed by atoms with Gasteiger partial charge < -0.3 is 24.8 Å². The molecule has 0 saturated carbocycles. The number of nitrogens with one attached hydrogen (secondary N) is 2. The number of methoxy groups -OCH3 is 3. The third-order valence-electron chi connectivity index (χ3n) is 3.43. The Morgan fingerprint density at radius 2 is 1.79 bits per heavy atom. The monoisotopic (exact) mass is 266 g/mol. The van der Waals surface area contributed by atoms with E-state index in [9.17, 15) is 0 Å². The molecule has 1 heterocycles. The first-order chi connectivity index (χ1) is 9.28. The van der Waals surface area contributed by atoms with E-state index in [0.29, 0.717) is 11.8 Å². The first-order valence-electron chi connectivity index (χ1n) is 6.51. The van der Waals surface area contributed by atoms with Gasteiger partial charge in [0.15, 0.2) is 11.5 Å². The fourth-order valence-electron chi connectivity index (χ4n) is 2.31. The zero-order chi connectivity index (χ0) is 13.7. The highest BCUT2D eigenvalue weighted by molar-refractivity contribution is 5.50. The fraction of sp³-hybridized carbons (Fsp3) is 0.571. The van der Waals surface area contributed by atoms with Crippen LogP contribution in [-0.4, -0.2) is 40.5 Å². The Morgan fingerprint density at radius 1 is 1.11 bits per heavy atom. The molecule has 2 rings (SSSR count). The molecule has 0 amide bonds. The topological polar surface area (TPSA) is 51.8 Å². The van der Waals surface area contributed by atoms with Crippen LogP contribution >= 0.6 is 0 Å². The standard InChI is InChI=1S/C14H22N2O3/c1-17-12-7-14(19-3)13(18-2)6-10(12)8-16-11-4-5-15-9-11/h6-7,11,15-16H,4-5,8-9H2,1-3H3. The average molecular weight is 266 g/mol. The van der Waals surface area contributed by atoms with Gasteiger partial charge in [-0.3, -0.25) is 0 Å². The molecule has 1 aromatic carbocycles. The second-order valence-corrected chi connectivity index (χ2v) is 4.59. The van der Waals surface area contributed by atoms with Crippen LogP contribution in [-0.2, 0) is 6.54 Å². The Kier molecular flexibility index (Phi) is 4.87. The van der Waals surface area contributed by atoms with Crippen molar-refractivity contribution in [1.29, 1.82) is 0 Å². The van der Waals surface area contributed by atoms with Crippen molar-refractivity contribution in [3.8, 4) is 17.2 Å². The second-order valence-electron chi connectivity index (χ2n) is 4.59. The summed E-state index contributed by atoms with van der Waals surface area (Å²) in [5, 5.41) is 6.86. The molecule has 0 bridgehead atoms. The van der Waals surface area contributed by atoms with Crippen LogP contribution in [0.15, 0.2) is 12.1 Å². The van der Waals surface area contributed by atoms with E-state index in [-0.39, 0.29) is 0 Å². The highest BCUT2D eigenvalue weighted by Gasteiger charge is 2.16. The van der Waals surface area contributed by atoms with Gasteiger partial charge in [0.1, 0.15) is 5.75 Å². The highest BCUT2D eigenvalue weighted by atomic mass is 16.5. The smallest absolute Gasteiger partial charge is 0.164 e. The zero-order valence-electron chi connectivity index (χ0n) is 11.8. The van der Waals surface area contributed by atoms with E-state index in [1.54, 1.807) is 21.3 Å². The molecule has 1 aliphatic rings. The lowest BCUT2D eigenvalue weighted by atomic mass is 10.1. The van der Waals surface area contributed by atoms with Gasteiger partial charge >= 0.3 is 0 Å². The summed E-state index contributed by atoms with van der Waals surface area (Å²) in [5.41, 5.74) is 1.08. The Hall–Kier alpha value is -1.46. The average Bonchev–Trinajstić information content (AvgIpc) is 2.97.